The average molecular weight is 224 g/mol. The van der Waals surface area contributed by atoms with Crippen molar-refractivity contribution in [1.29, 1.82) is 0 Å². The first-order valence-electron chi connectivity index (χ1n) is 5.27. The molecule has 16 heavy (non-hydrogen) atoms. The van der Waals surface area contributed by atoms with E-state index in [4.69, 9.17) is 9.84 Å². The van der Waals surface area contributed by atoms with Gasteiger partial charge < -0.3 is 9.84 Å². The summed E-state index contributed by atoms with van der Waals surface area (Å²) in [6.45, 7) is 4.83. The first kappa shape index (κ1) is 12.4. The average Bonchev–Trinajstić information content (AvgIpc) is 2.24. The molecule has 0 fully saturated rings. The molecule has 1 aromatic heterocycles. The fraction of sp³-hybridized carbons (Fsp3) is 0.545. The number of carboxylic acids is 1. The van der Waals surface area contributed by atoms with Gasteiger partial charge in [0.05, 0.1) is 19.0 Å². The van der Waals surface area contributed by atoms with E-state index in [0.717, 1.165) is 12.8 Å². The fourth-order valence-electron chi connectivity index (χ4n) is 1.19. The van der Waals surface area contributed by atoms with Gasteiger partial charge in [-0.1, -0.05) is 13.8 Å². The van der Waals surface area contributed by atoms with Crippen LogP contribution in [0.2, 0.25) is 0 Å². The van der Waals surface area contributed by atoms with Crippen LogP contribution in [-0.4, -0.2) is 27.7 Å². The van der Waals surface area contributed by atoms with E-state index in [2.05, 4.69) is 23.8 Å². The lowest BCUT2D eigenvalue weighted by molar-refractivity contribution is 0.0688. The van der Waals surface area contributed by atoms with Crippen LogP contribution in [0.25, 0.3) is 0 Å². The lowest BCUT2D eigenvalue weighted by Gasteiger charge is -2.06. The third-order valence-corrected chi connectivity index (χ3v) is 2.01. The van der Waals surface area contributed by atoms with Gasteiger partial charge in [0, 0.05) is 0 Å². The van der Waals surface area contributed by atoms with E-state index in [9.17, 15) is 4.79 Å². The second-order valence-corrected chi connectivity index (χ2v) is 3.93. The maximum Gasteiger partial charge on any atom is 0.356 e. The minimum Gasteiger partial charge on any atom is -0.477 e. The van der Waals surface area contributed by atoms with E-state index < -0.39 is 5.97 Å². The molecule has 0 aromatic carbocycles. The summed E-state index contributed by atoms with van der Waals surface area (Å²) < 4.78 is 5.31. The van der Waals surface area contributed by atoms with Gasteiger partial charge in [0.25, 0.3) is 0 Å². The van der Waals surface area contributed by atoms with Crippen LogP contribution in [0.15, 0.2) is 12.4 Å². The quantitative estimate of drug-likeness (QED) is 0.748. The smallest absolute Gasteiger partial charge is 0.356 e. The van der Waals surface area contributed by atoms with Crippen LogP contribution in [0.3, 0.4) is 0 Å². The van der Waals surface area contributed by atoms with Crippen molar-refractivity contribution in [2.45, 2.75) is 26.7 Å². The van der Waals surface area contributed by atoms with Crippen LogP contribution >= 0.6 is 0 Å². The molecule has 5 heteroatoms. The molecule has 88 valence electrons. The maximum absolute atomic E-state index is 10.6. The molecule has 0 saturated heterocycles. The van der Waals surface area contributed by atoms with E-state index in [1.165, 1.54) is 12.4 Å². The highest BCUT2D eigenvalue weighted by atomic mass is 16.5. The van der Waals surface area contributed by atoms with Gasteiger partial charge in [0.2, 0.25) is 5.88 Å². The summed E-state index contributed by atoms with van der Waals surface area (Å²) in [5.74, 6) is -0.191. The molecule has 1 heterocycles. The number of hydrogen-bond donors (Lipinski definition) is 1. The maximum atomic E-state index is 10.6. The Kier molecular flexibility index (Phi) is 4.69. The van der Waals surface area contributed by atoms with Gasteiger partial charge in [-0.3, -0.25) is 4.98 Å². The Balaban J connectivity index is 2.42. The molecule has 0 atom stereocenters. The summed E-state index contributed by atoms with van der Waals surface area (Å²) >= 11 is 0. The molecule has 0 bridgehead atoms. The van der Waals surface area contributed by atoms with E-state index >= 15 is 0 Å². The number of aromatic carboxylic acids is 1. The number of aromatic nitrogens is 2. The Hall–Kier alpha value is -1.65. The van der Waals surface area contributed by atoms with Crippen LogP contribution < -0.4 is 4.74 Å². The third kappa shape index (κ3) is 4.25. The summed E-state index contributed by atoms with van der Waals surface area (Å²) in [6.07, 6.45) is 4.62. The van der Waals surface area contributed by atoms with Crippen LogP contribution in [0, 0.1) is 5.92 Å². The highest BCUT2D eigenvalue weighted by Gasteiger charge is 2.06. The molecular weight excluding hydrogens is 208 g/mol. The first-order chi connectivity index (χ1) is 7.59. The monoisotopic (exact) mass is 224 g/mol. The molecule has 0 radical (unpaired) electrons. The molecular formula is C11H16N2O3. The van der Waals surface area contributed by atoms with E-state index in [-0.39, 0.29) is 11.6 Å². The molecule has 1 N–H and O–H groups in total. The molecule has 1 rings (SSSR count). The second-order valence-electron chi connectivity index (χ2n) is 3.93. The largest absolute Gasteiger partial charge is 0.477 e. The van der Waals surface area contributed by atoms with Gasteiger partial charge in [0.15, 0.2) is 5.69 Å². The zero-order valence-electron chi connectivity index (χ0n) is 9.51. The van der Waals surface area contributed by atoms with Gasteiger partial charge >= 0.3 is 5.97 Å². The van der Waals surface area contributed by atoms with Crippen LogP contribution in [-0.2, 0) is 0 Å². The highest BCUT2D eigenvalue weighted by molar-refractivity contribution is 5.84. The van der Waals surface area contributed by atoms with Crippen LogP contribution in [0.4, 0.5) is 0 Å². The summed E-state index contributed by atoms with van der Waals surface area (Å²) in [7, 11) is 0. The zero-order valence-corrected chi connectivity index (χ0v) is 9.51. The van der Waals surface area contributed by atoms with E-state index in [1.807, 2.05) is 0 Å². The number of rotatable bonds is 6. The molecule has 0 spiro atoms. The molecule has 0 saturated carbocycles. The Morgan fingerprint density at radius 1 is 1.50 bits per heavy atom. The highest BCUT2D eigenvalue weighted by Crippen LogP contribution is 2.08. The number of carboxylic acid groups (broad SMARTS) is 1. The van der Waals surface area contributed by atoms with Crippen molar-refractivity contribution in [1.82, 2.24) is 9.97 Å². The Bertz CT molecular complexity index is 353. The van der Waals surface area contributed by atoms with Crippen LogP contribution in [0.1, 0.15) is 37.2 Å². The number of ether oxygens (including phenoxy) is 1. The van der Waals surface area contributed by atoms with Crippen LogP contribution in [0.5, 0.6) is 5.88 Å². The number of carbonyl (C=O) groups is 1. The minimum absolute atomic E-state index is 0.0960. The molecule has 0 unspecified atom stereocenters. The summed E-state index contributed by atoms with van der Waals surface area (Å²) in [5.41, 5.74) is -0.0960. The zero-order chi connectivity index (χ0) is 12.0. The topological polar surface area (TPSA) is 72.3 Å². The van der Waals surface area contributed by atoms with Crippen molar-refractivity contribution >= 4 is 5.97 Å². The second kappa shape index (κ2) is 6.05. The predicted octanol–water partition coefficient (Wildman–Crippen LogP) is 1.99. The van der Waals surface area contributed by atoms with Crippen molar-refractivity contribution < 1.29 is 14.6 Å². The molecule has 0 aliphatic carbocycles. The molecule has 1 aromatic rings. The van der Waals surface area contributed by atoms with E-state index in [0.29, 0.717) is 12.5 Å². The number of nitrogens with zero attached hydrogens (tertiary/aromatic N) is 2. The summed E-state index contributed by atoms with van der Waals surface area (Å²) in [6, 6.07) is 0. The lowest BCUT2D eigenvalue weighted by atomic mass is 10.1. The molecule has 0 aliphatic heterocycles. The molecule has 5 nitrogen and oxygen atoms in total. The van der Waals surface area contributed by atoms with Gasteiger partial charge in [-0.15, -0.1) is 0 Å². The Labute approximate surface area is 94.5 Å². The van der Waals surface area contributed by atoms with Crippen molar-refractivity contribution in [2.24, 2.45) is 5.92 Å². The SMILES string of the molecule is CC(C)CCCOc1cncc(C(=O)O)n1. The number of hydrogen-bond acceptors (Lipinski definition) is 4. The first-order valence-corrected chi connectivity index (χ1v) is 5.27. The summed E-state index contributed by atoms with van der Waals surface area (Å²) in [4.78, 5) is 18.2. The van der Waals surface area contributed by atoms with E-state index in [1.54, 1.807) is 0 Å². The Morgan fingerprint density at radius 3 is 2.88 bits per heavy atom. The molecule has 0 amide bonds. The van der Waals surface area contributed by atoms with Gasteiger partial charge in [-0.2, -0.15) is 0 Å². The molecule has 0 aliphatic rings. The van der Waals surface area contributed by atoms with Crippen molar-refractivity contribution in [3.63, 3.8) is 0 Å². The summed E-state index contributed by atoms with van der Waals surface area (Å²) in [5, 5.41) is 8.70. The normalized spacial score (nSPS) is 10.4. The van der Waals surface area contributed by atoms with Crippen molar-refractivity contribution in [3.05, 3.63) is 18.1 Å². The van der Waals surface area contributed by atoms with Crippen molar-refractivity contribution in [2.75, 3.05) is 6.61 Å². The lowest BCUT2D eigenvalue weighted by Crippen LogP contribution is -2.05. The van der Waals surface area contributed by atoms with Crippen molar-refractivity contribution in [3.8, 4) is 5.88 Å². The fourth-order valence-corrected chi connectivity index (χ4v) is 1.19. The standard InChI is InChI=1S/C11H16N2O3/c1-8(2)4-3-5-16-10-7-12-6-9(13-10)11(14)15/h6-8H,3-5H2,1-2H3,(H,14,15). The Morgan fingerprint density at radius 2 is 2.25 bits per heavy atom. The van der Waals surface area contributed by atoms with Gasteiger partial charge in [0.1, 0.15) is 0 Å². The van der Waals surface area contributed by atoms with Gasteiger partial charge in [-0.05, 0) is 18.8 Å². The van der Waals surface area contributed by atoms with Gasteiger partial charge in [-0.25, -0.2) is 9.78 Å². The minimum atomic E-state index is -1.10. The predicted molar refractivity (Wildman–Crippen MR) is 58.6 cm³/mol. The third-order valence-electron chi connectivity index (χ3n) is 2.01.